The number of hydrogen-bond acceptors (Lipinski definition) is 3. The van der Waals surface area contributed by atoms with Gasteiger partial charge in [-0.05, 0) is 37.5 Å². The Balaban J connectivity index is 2.39. The van der Waals surface area contributed by atoms with Crippen LogP contribution in [-0.2, 0) is 14.3 Å². The predicted octanol–water partition coefficient (Wildman–Crippen LogP) is 3.03. The van der Waals surface area contributed by atoms with Crippen molar-refractivity contribution in [2.75, 3.05) is 13.7 Å². The van der Waals surface area contributed by atoms with Crippen LogP contribution in [0.15, 0.2) is 0 Å². The van der Waals surface area contributed by atoms with Gasteiger partial charge in [0.1, 0.15) is 0 Å². The summed E-state index contributed by atoms with van der Waals surface area (Å²) in [4.78, 5) is 11.3. The van der Waals surface area contributed by atoms with Crippen molar-refractivity contribution in [1.82, 2.24) is 0 Å². The van der Waals surface area contributed by atoms with Gasteiger partial charge in [-0.3, -0.25) is 4.79 Å². The van der Waals surface area contributed by atoms with Crippen LogP contribution in [0.1, 0.15) is 47.0 Å². The number of methoxy groups -OCH3 is 1. The first kappa shape index (κ1) is 14.5. The summed E-state index contributed by atoms with van der Waals surface area (Å²) in [6, 6.07) is 0. The highest BCUT2D eigenvalue weighted by molar-refractivity contribution is 5.71. The van der Waals surface area contributed by atoms with E-state index in [-0.39, 0.29) is 11.9 Å². The second kappa shape index (κ2) is 5.85. The largest absolute Gasteiger partial charge is 0.469 e. The van der Waals surface area contributed by atoms with Gasteiger partial charge in [0.05, 0.1) is 25.7 Å². The minimum Gasteiger partial charge on any atom is -0.469 e. The highest BCUT2D eigenvalue weighted by Gasteiger charge is 2.32. The van der Waals surface area contributed by atoms with E-state index < -0.39 is 0 Å². The van der Waals surface area contributed by atoms with Gasteiger partial charge >= 0.3 is 5.97 Å². The quantitative estimate of drug-likeness (QED) is 0.711. The van der Waals surface area contributed by atoms with Gasteiger partial charge in [-0.1, -0.05) is 20.8 Å². The molecule has 100 valence electrons. The molecule has 0 heterocycles. The lowest BCUT2D eigenvalue weighted by atomic mass is 9.71. The summed E-state index contributed by atoms with van der Waals surface area (Å²) in [5.74, 6) is 0.352. The maximum atomic E-state index is 11.3. The SMILES string of the molecule is COC(=O)C(C)COC1CC(C)CC(C)(C)C1. The average Bonchev–Trinajstić information content (AvgIpc) is 2.22. The topological polar surface area (TPSA) is 35.5 Å². The third kappa shape index (κ3) is 4.66. The van der Waals surface area contributed by atoms with E-state index in [1.165, 1.54) is 13.5 Å². The van der Waals surface area contributed by atoms with Gasteiger partial charge in [-0.25, -0.2) is 0 Å². The zero-order chi connectivity index (χ0) is 13.1. The maximum Gasteiger partial charge on any atom is 0.310 e. The smallest absolute Gasteiger partial charge is 0.310 e. The molecule has 17 heavy (non-hydrogen) atoms. The molecule has 0 aliphatic heterocycles. The molecule has 0 aromatic rings. The molecule has 0 aromatic heterocycles. The van der Waals surface area contributed by atoms with Crippen molar-refractivity contribution in [3.63, 3.8) is 0 Å². The lowest BCUT2D eigenvalue weighted by Gasteiger charge is -2.39. The van der Waals surface area contributed by atoms with Crippen LogP contribution in [0.5, 0.6) is 0 Å². The fourth-order valence-electron chi connectivity index (χ4n) is 2.94. The van der Waals surface area contributed by atoms with Gasteiger partial charge in [-0.2, -0.15) is 0 Å². The van der Waals surface area contributed by atoms with Crippen LogP contribution in [0.4, 0.5) is 0 Å². The molecule has 3 atom stereocenters. The zero-order valence-electron chi connectivity index (χ0n) is 11.8. The van der Waals surface area contributed by atoms with E-state index in [4.69, 9.17) is 9.47 Å². The standard InChI is InChI=1S/C14H26O3/c1-10-6-12(8-14(3,4)7-10)17-9-11(2)13(15)16-5/h10-12H,6-9H2,1-5H3. The Morgan fingerprint density at radius 1 is 1.41 bits per heavy atom. The summed E-state index contributed by atoms with van der Waals surface area (Å²) < 4.78 is 10.6. The number of ether oxygens (including phenoxy) is 2. The summed E-state index contributed by atoms with van der Waals surface area (Å²) in [6.07, 6.45) is 3.75. The highest BCUT2D eigenvalue weighted by Crippen LogP contribution is 2.39. The molecule has 3 heteroatoms. The van der Waals surface area contributed by atoms with E-state index in [1.807, 2.05) is 6.92 Å². The van der Waals surface area contributed by atoms with E-state index in [0.29, 0.717) is 24.0 Å². The van der Waals surface area contributed by atoms with E-state index in [0.717, 1.165) is 12.8 Å². The van der Waals surface area contributed by atoms with Crippen LogP contribution in [-0.4, -0.2) is 25.8 Å². The summed E-state index contributed by atoms with van der Waals surface area (Å²) in [5.41, 5.74) is 0.358. The van der Waals surface area contributed by atoms with E-state index in [2.05, 4.69) is 20.8 Å². The molecule has 3 nitrogen and oxygen atoms in total. The van der Waals surface area contributed by atoms with Gasteiger partial charge in [-0.15, -0.1) is 0 Å². The molecular formula is C14H26O3. The summed E-state index contributed by atoms with van der Waals surface area (Å²) in [5, 5.41) is 0. The molecule has 1 rings (SSSR count). The predicted molar refractivity (Wildman–Crippen MR) is 67.7 cm³/mol. The molecule has 3 unspecified atom stereocenters. The fourth-order valence-corrected chi connectivity index (χ4v) is 2.94. The fraction of sp³-hybridized carbons (Fsp3) is 0.929. The normalized spacial score (nSPS) is 29.7. The molecular weight excluding hydrogens is 216 g/mol. The number of esters is 1. The minimum absolute atomic E-state index is 0.166. The molecule has 0 amide bonds. The first-order valence-electron chi connectivity index (χ1n) is 6.53. The third-order valence-electron chi connectivity index (χ3n) is 3.53. The van der Waals surface area contributed by atoms with Gasteiger partial charge in [0.25, 0.3) is 0 Å². The summed E-state index contributed by atoms with van der Waals surface area (Å²) >= 11 is 0. The van der Waals surface area contributed by atoms with Crippen molar-refractivity contribution in [3.8, 4) is 0 Å². The van der Waals surface area contributed by atoms with Gasteiger partial charge in [0, 0.05) is 0 Å². The first-order valence-corrected chi connectivity index (χ1v) is 6.53. The van der Waals surface area contributed by atoms with Crippen molar-refractivity contribution in [2.24, 2.45) is 17.3 Å². The summed E-state index contributed by atoms with van der Waals surface area (Å²) in [6.45, 7) is 9.19. The number of hydrogen-bond donors (Lipinski definition) is 0. The van der Waals surface area contributed by atoms with E-state index in [1.54, 1.807) is 0 Å². The third-order valence-corrected chi connectivity index (χ3v) is 3.53. The molecule has 0 saturated heterocycles. The van der Waals surface area contributed by atoms with Crippen LogP contribution < -0.4 is 0 Å². The van der Waals surface area contributed by atoms with Gasteiger partial charge in [0.15, 0.2) is 0 Å². The number of carbonyl (C=O) groups excluding carboxylic acids is 1. The maximum absolute atomic E-state index is 11.3. The Morgan fingerprint density at radius 2 is 2.06 bits per heavy atom. The van der Waals surface area contributed by atoms with Crippen molar-refractivity contribution >= 4 is 5.97 Å². The van der Waals surface area contributed by atoms with Gasteiger partial charge in [0.2, 0.25) is 0 Å². The first-order chi connectivity index (χ1) is 7.84. The Hall–Kier alpha value is -0.570. The Bertz CT molecular complexity index is 260. The lowest BCUT2D eigenvalue weighted by molar-refractivity contribution is -0.148. The van der Waals surface area contributed by atoms with Gasteiger partial charge < -0.3 is 9.47 Å². The molecule has 1 aliphatic rings. The van der Waals surface area contributed by atoms with Crippen LogP contribution in [0, 0.1) is 17.3 Å². The molecule has 0 radical (unpaired) electrons. The Kier molecular flexibility index (Phi) is 4.99. The lowest BCUT2D eigenvalue weighted by Crippen LogP contribution is -2.34. The highest BCUT2D eigenvalue weighted by atomic mass is 16.5. The molecule has 1 saturated carbocycles. The second-order valence-corrected chi connectivity index (χ2v) is 6.29. The Morgan fingerprint density at radius 3 is 2.59 bits per heavy atom. The van der Waals surface area contributed by atoms with E-state index in [9.17, 15) is 4.79 Å². The van der Waals surface area contributed by atoms with Crippen LogP contribution in [0.25, 0.3) is 0 Å². The second-order valence-electron chi connectivity index (χ2n) is 6.29. The minimum atomic E-state index is -0.187. The van der Waals surface area contributed by atoms with Crippen molar-refractivity contribution < 1.29 is 14.3 Å². The van der Waals surface area contributed by atoms with Crippen molar-refractivity contribution in [2.45, 2.75) is 53.1 Å². The van der Waals surface area contributed by atoms with E-state index >= 15 is 0 Å². The molecule has 0 bridgehead atoms. The molecule has 0 aromatic carbocycles. The number of carbonyl (C=O) groups is 1. The summed E-state index contributed by atoms with van der Waals surface area (Å²) in [7, 11) is 1.42. The van der Waals surface area contributed by atoms with Crippen LogP contribution in [0.3, 0.4) is 0 Å². The Labute approximate surface area is 105 Å². The zero-order valence-corrected chi connectivity index (χ0v) is 11.8. The van der Waals surface area contributed by atoms with Crippen molar-refractivity contribution in [1.29, 1.82) is 0 Å². The molecule has 1 fully saturated rings. The van der Waals surface area contributed by atoms with Crippen LogP contribution >= 0.6 is 0 Å². The molecule has 0 N–H and O–H groups in total. The van der Waals surface area contributed by atoms with Crippen LogP contribution in [0.2, 0.25) is 0 Å². The monoisotopic (exact) mass is 242 g/mol. The molecule has 0 spiro atoms. The average molecular weight is 242 g/mol. The number of rotatable bonds is 4. The molecule has 1 aliphatic carbocycles. The van der Waals surface area contributed by atoms with Crippen molar-refractivity contribution in [3.05, 3.63) is 0 Å².